The number of rotatable bonds is 68. The summed E-state index contributed by atoms with van der Waals surface area (Å²) in [6.45, 7) is 1.74. The summed E-state index contributed by atoms with van der Waals surface area (Å²) in [5.74, 6) is -0.238. The molecule has 1 amide bonds. The van der Waals surface area contributed by atoms with Crippen LogP contribution in [0.4, 0.5) is 0 Å². The molecule has 3 heterocycles. The second kappa shape index (κ2) is 65.2. The number of aliphatic hydroxyl groups excluding tert-OH is 11. The number of aliphatic hydroxyl groups is 11. The molecule has 3 aliphatic heterocycles. The lowest BCUT2D eigenvalue weighted by molar-refractivity contribution is -0.379. The highest BCUT2D eigenvalue weighted by Crippen LogP contribution is 2.33. The van der Waals surface area contributed by atoms with E-state index >= 15 is 0 Å². The van der Waals surface area contributed by atoms with Crippen molar-refractivity contribution >= 4 is 5.91 Å². The van der Waals surface area contributed by atoms with Crippen LogP contribution in [0.1, 0.15) is 341 Å². The van der Waals surface area contributed by atoms with Crippen molar-refractivity contribution in [2.24, 2.45) is 0 Å². The Kier molecular flexibility index (Phi) is 60.0. The molecule has 0 bridgehead atoms. The zero-order valence-corrected chi connectivity index (χ0v) is 65.3. The van der Waals surface area contributed by atoms with E-state index in [0.717, 1.165) is 77.0 Å². The summed E-state index contributed by atoms with van der Waals surface area (Å²) in [5, 5.41) is 121. The number of nitrogens with one attached hydrogen (secondary N) is 1. The van der Waals surface area contributed by atoms with Gasteiger partial charge in [-0.2, -0.15) is 0 Å². The van der Waals surface area contributed by atoms with Crippen LogP contribution in [0.15, 0.2) is 60.8 Å². The lowest BCUT2D eigenvalue weighted by Crippen LogP contribution is -2.66. The van der Waals surface area contributed by atoms with E-state index in [4.69, 9.17) is 28.4 Å². The van der Waals surface area contributed by atoms with E-state index in [1.807, 2.05) is 0 Å². The van der Waals surface area contributed by atoms with Crippen LogP contribution in [-0.2, 0) is 33.2 Å². The molecular weight excluding hydrogens is 1320 g/mol. The molecule has 0 aromatic heterocycles. The maximum atomic E-state index is 13.5. The molecule has 12 N–H and O–H groups in total. The van der Waals surface area contributed by atoms with E-state index in [1.54, 1.807) is 0 Å². The first-order valence-electron chi connectivity index (χ1n) is 42.5. The molecule has 0 spiro atoms. The lowest BCUT2D eigenvalue weighted by Gasteiger charge is -2.48. The highest BCUT2D eigenvalue weighted by atomic mass is 16.8. The van der Waals surface area contributed by atoms with Gasteiger partial charge in [0.15, 0.2) is 18.9 Å². The fraction of sp³-hybridized carbons (Fsp3) is 0.871. The Balaban J connectivity index is 1.34. The van der Waals surface area contributed by atoms with Gasteiger partial charge < -0.3 is 89.9 Å². The first kappa shape index (κ1) is 95.7. The first-order valence-corrected chi connectivity index (χ1v) is 42.5. The van der Waals surface area contributed by atoms with E-state index in [9.17, 15) is 61.0 Å². The largest absolute Gasteiger partial charge is 0.394 e. The maximum absolute atomic E-state index is 13.5. The molecule has 3 saturated heterocycles. The number of unbranched alkanes of at least 4 members (excludes halogenated alkanes) is 42. The van der Waals surface area contributed by atoms with Crippen molar-refractivity contribution in [2.45, 2.75) is 446 Å². The van der Waals surface area contributed by atoms with Crippen LogP contribution in [0.5, 0.6) is 0 Å². The molecule has 3 rings (SSSR count). The zero-order chi connectivity index (χ0) is 75.3. The molecule has 17 atom stereocenters. The van der Waals surface area contributed by atoms with Crippen molar-refractivity contribution in [1.82, 2.24) is 5.32 Å². The average molecular weight is 1480 g/mol. The predicted octanol–water partition coefficient (Wildman–Crippen LogP) is 15.0. The molecule has 0 aromatic rings. The third-order valence-corrected chi connectivity index (χ3v) is 21.1. The average Bonchev–Trinajstić information content (AvgIpc) is 0.783. The Hall–Kier alpha value is -2.51. The summed E-state index contributed by atoms with van der Waals surface area (Å²) in [5.41, 5.74) is 0. The van der Waals surface area contributed by atoms with E-state index in [-0.39, 0.29) is 18.9 Å². The fourth-order valence-corrected chi connectivity index (χ4v) is 14.3. The van der Waals surface area contributed by atoms with Gasteiger partial charge in [0.2, 0.25) is 5.91 Å². The SMILES string of the molecule is CC/C=C\C/C=C\C/C=C\C/C=C\C/C=C\CCCCCCCCCCCCCCCCCCCC(=O)NC(COC1OC(CO)C(OC2OC(CO)C(OC3OC(CO)C(O)C(O)C3O)C(O)C2O)C(O)C1O)C(O)CCCCCCCCCCCCCCCCCCCCCCCCCCCC. The molecule has 19 nitrogen and oxygen atoms in total. The third-order valence-electron chi connectivity index (χ3n) is 21.1. The van der Waals surface area contributed by atoms with E-state index in [2.05, 4.69) is 79.9 Å². The molecule has 0 saturated carbocycles. The summed E-state index contributed by atoms with van der Waals surface area (Å²) in [6, 6.07) is -0.890. The summed E-state index contributed by atoms with van der Waals surface area (Å²) in [6.07, 6.45) is 57.4. The van der Waals surface area contributed by atoms with Crippen molar-refractivity contribution in [1.29, 1.82) is 0 Å². The van der Waals surface area contributed by atoms with Gasteiger partial charge in [-0.3, -0.25) is 4.79 Å². The lowest BCUT2D eigenvalue weighted by atomic mass is 9.96. The van der Waals surface area contributed by atoms with Crippen molar-refractivity contribution in [3.63, 3.8) is 0 Å². The minimum absolute atomic E-state index is 0.238. The van der Waals surface area contributed by atoms with Crippen LogP contribution in [0.3, 0.4) is 0 Å². The Morgan fingerprint density at radius 1 is 0.356 bits per heavy atom. The van der Waals surface area contributed by atoms with Gasteiger partial charge in [-0.15, -0.1) is 0 Å². The van der Waals surface area contributed by atoms with Gasteiger partial charge in [-0.05, 0) is 57.8 Å². The highest BCUT2D eigenvalue weighted by Gasteiger charge is 2.54. The van der Waals surface area contributed by atoms with Crippen LogP contribution in [0, 0.1) is 0 Å². The summed E-state index contributed by atoms with van der Waals surface area (Å²) in [7, 11) is 0. The quantitative estimate of drug-likeness (QED) is 0.0199. The topological polar surface area (TPSA) is 307 Å². The van der Waals surface area contributed by atoms with Crippen molar-refractivity contribution in [3.05, 3.63) is 60.8 Å². The molecule has 0 aliphatic carbocycles. The highest BCUT2D eigenvalue weighted by molar-refractivity contribution is 5.76. The van der Waals surface area contributed by atoms with Gasteiger partial charge in [0.25, 0.3) is 0 Å². The molecule has 608 valence electrons. The summed E-state index contributed by atoms with van der Waals surface area (Å²) >= 11 is 0. The van der Waals surface area contributed by atoms with Crippen LogP contribution < -0.4 is 5.32 Å². The van der Waals surface area contributed by atoms with Gasteiger partial charge in [0.05, 0.1) is 38.6 Å². The Bertz CT molecular complexity index is 2110. The molecule has 104 heavy (non-hydrogen) atoms. The van der Waals surface area contributed by atoms with E-state index in [1.165, 1.54) is 231 Å². The molecule has 19 heteroatoms. The first-order chi connectivity index (χ1) is 50.8. The standard InChI is InChI=1S/C85H155NO18/c1-3-5-7-9-11-13-15-17-19-21-23-25-27-29-31-32-33-34-35-36-37-39-41-43-45-47-49-51-53-55-57-59-61-63-73(91)86-68(69(90)62-60-58-56-54-52-50-48-46-44-42-40-38-30-28-26-24-22-20-18-16-14-12-10-8-6-4-2)67-99-83-79(97)76(94)81(71(65-88)101-83)104-85-80(98)77(95)82(72(66-89)102-85)103-84-78(96)75(93)74(92)70(64-87)100-84/h5,7,11,13,17,19,23,25,29,31,68-72,74-85,87-90,92-98H,3-4,6,8-10,12,14-16,18,20-22,24,26-28,30,32-67H2,1-2H3,(H,86,91)/b7-5-,13-11-,19-17-,25-23-,31-29-. The van der Waals surface area contributed by atoms with Gasteiger partial charge in [-0.25, -0.2) is 0 Å². The fourth-order valence-electron chi connectivity index (χ4n) is 14.3. The van der Waals surface area contributed by atoms with Crippen molar-refractivity contribution in [2.75, 3.05) is 26.4 Å². The van der Waals surface area contributed by atoms with Gasteiger partial charge in [0, 0.05) is 6.42 Å². The zero-order valence-electron chi connectivity index (χ0n) is 65.3. The predicted molar refractivity (Wildman–Crippen MR) is 415 cm³/mol. The summed E-state index contributed by atoms with van der Waals surface area (Å²) < 4.78 is 34.6. The van der Waals surface area contributed by atoms with Crippen molar-refractivity contribution in [3.8, 4) is 0 Å². The number of ether oxygens (including phenoxy) is 6. The Labute approximate surface area is 630 Å². The Morgan fingerprint density at radius 3 is 1.04 bits per heavy atom. The molecule has 17 unspecified atom stereocenters. The van der Waals surface area contributed by atoms with Crippen LogP contribution in [-0.4, -0.2) is 193 Å². The minimum Gasteiger partial charge on any atom is -0.394 e. The number of hydrogen-bond donors (Lipinski definition) is 12. The third kappa shape index (κ3) is 44.4. The normalized spacial score (nSPS) is 26.2. The van der Waals surface area contributed by atoms with Crippen LogP contribution >= 0.6 is 0 Å². The monoisotopic (exact) mass is 1480 g/mol. The molecule has 3 fully saturated rings. The van der Waals surface area contributed by atoms with Gasteiger partial charge >= 0.3 is 0 Å². The number of carbonyl (C=O) groups is 1. The molecule has 0 aromatic carbocycles. The number of amides is 1. The second-order valence-electron chi connectivity index (χ2n) is 30.3. The van der Waals surface area contributed by atoms with Crippen LogP contribution in [0.25, 0.3) is 0 Å². The Morgan fingerprint density at radius 2 is 0.663 bits per heavy atom. The minimum atomic E-state index is -1.97. The van der Waals surface area contributed by atoms with E-state index < -0.39 is 124 Å². The number of allylic oxidation sites excluding steroid dienone is 10. The van der Waals surface area contributed by atoms with Gasteiger partial charge in [0.1, 0.15) is 73.2 Å². The van der Waals surface area contributed by atoms with Crippen molar-refractivity contribution < 1.29 is 89.4 Å². The van der Waals surface area contributed by atoms with E-state index in [0.29, 0.717) is 12.8 Å². The van der Waals surface area contributed by atoms with Gasteiger partial charge in [-0.1, -0.05) is 338 Å². The maximum Gasteiger partial charge on any atom is 0.220 e. The number of hydrogen-bond acceptors (Lipinski definition) is 18. The molecule has 3 aliphatic rings. The smallest absolute Gasteiger partial charge is 0.220 e. The summed E-state index contributed by atoms with van der Waals surface area (Å²) in [4.78, 5) is 13.5. The van der Waals surface area contributed by atoms with Crippen LogP contribution in [0.2, 0.25) is 0 Å². The second-order valence-corrected chi connectivity index (χ2v) is 30.3. The number of carbonyl (C=O) groups excluding carboxylic acids is 1. The molecular formula is C85H155NO18. The molecule has 0 radical (unpaired) electrons.